The fourth-order valence-corrected chi connectivity index (χ4v) is 8.64. The molecule has 0 radical (unpaired) electrons. The van der Waals surface area contributed by atoms with Crippen LogP contribution < -0.4 is 0 Å². The number of fused-ring (bicyclic) bond motifs is 3. The van der Waals surface area contributed by atoms with Crippen molar-refractivity contribution in [1.29, 1.82) is 0 Å². The molecule has 0 spiro atoms. The summed E-state index contributed by atoms with van der Waals surface area (Å²) < 4.78 is 6.22. The van der Waals surface area contributed by atoms with Gasteiger partial charge in [0.05, 0.1) is 17.9 Å². The molecule has 2 aromatic rings. The Hall–Kier alpha value is -3.20. The van der Waals surface area contributed by atoms with Gasteiger partial charge in [0.15, 0.2) is 0 Å². The molecule has 0 aromatic heterocycles. The van der Waals surface area contributed by atoms with Gasteiger partial charge in [0.1, 0.15) is 5.75 Å². The molecule has 2 N–H and O–H groups in total. The van der Waals surface area contributed by atoms with Crippen LogP contribution in [0.5, 0.6) is 5.75 Å². The molecule has 46 heavy (non-hydrogen) atoms. The molecule has 3 aliphatic heterocycles. The summed E-state index contributed by atoms with van der Waals surface area (Å²) in [6.07, 6.45) is 7.71. The SMILES string of the molecule is CCC1=C2[C@@H](CC/C(=C/c3cc(C)c(O)c(C)c3)CC)OB(O)C[C@@H]2[C@@H]2C(=O)N(C3CCN(Cc4ccccc4)CC3)C(=O)[C@@H]2C1. The molecule has 1 aliphatic carbocycles. The lowest BCUT2D eigenvalue weighted by Gasteiger charge is -2.43. The summed E-state index contributed by atoms with van der Waals surface area (Å²) in [4.78, 5) is 32.2. The Bertz CT molecular complexity index is 1490. The number of hydrogen-bond donors (Lipinski definition) is 2. The van der Waals surface area contributed by atoms with Crippen molar-refractivity contribution in [3.63, 3.8) is 0 Å². The van der Waals surface area contributed by atoms with E-state index in [1.54, 1.807) is 4.90 Å². The predicted octanol–water partition coefficient (Wildman–Crippen LogP) is 6.45. The Labute approximate surface area is 274 Å². The largest absolute Gasteiger partial charge is 0.507 e. The molecule has 8 heteroatoms. The standard InChI is InChI=1S/C38H49BN2O5/c1-5-26(20-28-18-24(3)36(42)25(4)19-28)12-13-33-34-29(6-2)21-31-35(32(34)22-39(45)46-33)38(44)41(37(31)43)30-14-16-40(17-15-30)23-27-10-8-7-9-11-27/h7-11,18-20,30-33,35,42,45H,5-6,12-17,21-23H2,1-4H3/b26-20+/t31-,32+,33-,35-/m1/s1. The third-order valence-corrected chi connectivity index (χ3v) is 11.0. The Balaban J connectivity index is 1.17. The quantitative estimate of drug-likeness (QED) is 0.189. The predicted molar refractivity (Wildman–Crippen MR) is 182 cm³/mol. The lowest BCUT2D eigenvalue weighted by molar-refractivity contribution is -0.144. The number of phenols is 1. The molecule has 0 bridgehead atoms. The maximum absolute atomic E-state index is 14.2. The van der Waals surface area contributed by atoms with E-state index >= 15 is 0 Å². The number of likely N-dealkylation sites (tertiary alicyclic amines) is 2. The second-order valence-corrected chi connectivity index (χ2v) is 13.9. The molecule has 3 fully saturated rings. The number of benzene rings is 2. The lowest BCUT2D eigenvalue weighted by Crippen LogP contribution is -2.48. The van der Waals surface area contributed by atoms with Gasteiger partial charge in [-0.05, 0) is 111 Å². The summed E-state index contributed by atoms with van der Waals surface area (Å²) in [6.45, 7) is 10.7. The highest BCUT2D eigenvalue weighted by Gasteiger charge is 2.58. The second-order valence-electron chi connectivity index (χ2n) is 13.9. The zero-order valence-electron chi connectivity index (χ0n) is 27.9. The summed E-state index contributed by atoms with van der Waals surface area (Å²) >= 11 is 0. The number of aromatic hydroxyl groups is 1. The van der Waals surface area contributed by atoms with Gasteiger partial charge in [0, 0.05) is 25.7 Å². The van der Waals surface area contributed by atoms with Crippen LogP contribution in [0.3, 0.4) is 0 Å². The number of hydrogen-bond acceptors (Lipinski definition) is 6. The van der Waals surface area contributed by atoms with E-state index in [1.807, 2.05) is 32.0 Å². The molecule has 3 saturated heterocycles. The minimum absolute atomic E-state index is 0.00488. The zero-order valence-corrected chi connectivity index (χ0v) is 27.9. The fraction of sp³-hybridized carbons (Fsp3) is 0.526. The van der Waals surface area contributed by atoms with Crippen LogP contribution in [0.2, 0.25) is 6.32 Å². The van der Waals surface area contributed by atoms with Crippen LogP contribution >= 0.6 is 0 Å². The van der Waals surface area contributed by atoms with Gasteiger partial charge in [0.2, 0.25) is 11.8 Å². The fourth-order valence-electron chi connectivity index (χ4n) is 8.64. The van der Waals surface area contributed by atoms with E-state index in [4.69, 9.17) is 4.65 Å². The number of carbonyl (C=O) groups is 2. The third kappa shape index (κ3) is 6.49. The molecule has 7 nitrogen and oxygen atoms in total. The van der Waals surface area contributed by atoms with E-state index in [0.29, 0.717) is 24.9 Å². The first-order valence-electron chi connectivity index (χ1n) is 17.4. The highest BCUT2D eigenvalue weighted by atomic mass is 16.5. The van der Waals surface area contributed by atoms with Crippen molar-refractivity contribution in [2.24, 2.45) is 17.8 Å². The van der Waals surface area contributed by atoms with Crippen molar-refractivity contribution >= 4 is 25.0 Å². The van der Waals surface area contributed by atoms with Crippen molar-refractivity contribution in [2.75, 3.05) is 13.1 Å². The average molecular weight is 625 g/mol. The maximum atomic E-state index is 14.2. The summed E-state index contributed by atoms with van der Waals surface area (Å²) in [6, 6.07) is 14.4. The Morgan fingerprint density at radius 2 is 1.72 bits per heavy atom. The molecule has 0 unspecified atom stereocenters. The normalized spacial score (nSPS) is 26.2. The van der Waals surface area contributed by atoms with Crippen LogP contribution in [-0.4, -0.2) is 64.1 Å². The summed E-state index contributed by atoms with van der Waals surface area (Å²) in [7, 11) is -0.953. The van der Waals surface area contributed by atoms with Crippen LogP contribution in [0.25, 0.3) is 6.08 Å². The highest BCUT2D eigenvalue weighted by molar-refractivity contribution is 6.43. The molecule has 3 heterocycles. The summed E-state index contributed by atoms with van der Waals surface area (Å²) in [5, 5.41) is 21.2. The zero-order chi connectivity index (χ0) is 32.5. The maximum Gasteiger partial charge on any atom is 0.455 e. The van der Waals surface area contributed by atoms with E-state index < -0.39 is 13.0 Å². The third-order valence-electron chi connectivity index (χ3n) is 11.0. The lowest BCUT2D eigenvalue weighted by atomic mass is 9.58. The van der Waals surface area contributed by atoms with Crippen molar-refractivity contribution < 1.29 is 24.4 Å². The molecule has 2 amide bonds. The van der Waals surface area contributed by atoms with Gasteiger partial charge in [-0.3, -0.25) is 19.4 Å². The number of allylic oxidation sites excluding steroid dienone is 2. The Kier molecular flexibility index (Phi) is 9.88. The molecular weight excluding hydrogens is 575 g/mol. The van der Waals surface area contributed by atoms with E-state index in [2.05, 4.69) is 49.1 Å². The van der Waals surface area contributed by atoms with Gasteiger partial charge in [-0.2, -0.15) is 0 Å². The number of imide groups is 1. The van der Waals surface area contributed by atoms with Crippen molar-refractivity contribution in [3.8, 4) is 5.75 Å². The van der Waals surface area contributed by atoms with E-state index in [0.717, 1.165) is 68.4 Å². The number of carbonyl (C=O) groups excluding carboxylic acids is 2. The molecule has 244 valence electrons. The number of aryl methyl sites for hydroxylation is 2. The van der Waals surface area contributed by atoms with Crippen molar-refractivity contribution in [1.82, 2.24) is 9.80 Å². The van der Waals surface area contributed by atoms with Crippen LogP contribution in [-0.2, 0) is 20.8 Å². The minimum Gasteiger partial charge on any atom is -0.507 e. The van der Waals surface area contributed by atoms with E-state index in [9.17, 15) is 19.7 Å². The van der Waals surface area contributed by atoms with Gasteiger partial charge in [-0.15, -0.1) is 0 Å². The molecule has 4 atom stereocenters. The first kappa shape index (κ1) is 32.7. The topological polar surface area (TPSA) is 90.3 Å². The van der Waals surface area contributed by atoms with E-state index in [-0.39, 0.29) is 35.8 Å². The Morgan fingerprint density at radius 1 is 1.02 bits per heavy atom. The number of piperidine rings is 1. The van der Waals surface area contributed by atoms with Crippen LogP contribution in [0.1, 0.15) is 81.0 Å². The monoisotopic (exact) mass is 624 g/mol. The van der Waals surface area contributed by atoms with Gasteiger partial charge in [0.25, 0.3) is 0 Å². The molecule has 2 aromatic carbocycles. The van der Waals surface area contributed by atoms with E-state index in [1.165, 1.54) is 22.3 Å². The first-order valence-corrected chi connectivity index (χ1v) is 17.4. The summed E-state index contributed by atoms with van der Waals surface area (Å²) in [5.41, 5.74) is 7.75. The first-order chi connectivity index (χ1) is 22.2. The van der Waals surface area contributed by atoms with Gasteiger partial charge in [-0.25, -0.2) is 0 Å². The number of nitrogens with zero attached hydrogens (tertiary/aromatic N) is 2. The minimum atomic E-state index is -0.953. The molecule has 0 saturated carbocycles. The van der Waals surface area contributed by atoms with Crippen molar-refractivity contribution in [3.05, 3.63) is 81.4 Å². The van der Waals surface area contributed by atoms with Crippen LogP contribution in [0.15, 0.2) is 59.2 Å². The van der Waals surface area contributed by atoms with Crippen LogP contribution in [0.4, 0.5) is 0 Å². The van der Waals surface area contributed by atoms with Crippen molar-refractivity contribution in [2.45, 2.75) is 97.7 Å². The number of phenolic OH excluding ortho intramolecular Hbond substituents is 1. The second kappa shape index (κ2) is 13.9. The smallest absolute Gasteiger partial charge is 0.455 e. The molecular formula is C38H49BN2O5. The molecule has 4 aliphatic rings. The Morgan fingerprint density at radius 3 is 2.37 bits per heavy atom. The summed E-state index contributed by atoms with van der Waals surface area (Å²) in [5.74, 6) is -0.614. The number of amides is 2. The number of rotatable bonds is 9. The molecule has 6 rings (SSSR count). The highest BCUT2D eigenvalue weighted by Crippen LogP contribution is 2.52. The van der Waals surface area contributed by atoms with Crippen LogP contribution in [0, 0.1) is 31.6 Å². The average Bonchev–Trinajstić information content (AvgIpc) is 3.30. The van der Waals surface area contributed by atoms with Gasteiger partial charge in [-0.1, -0.05) is 61.4 Å². The van der Waals surface area contributed by atoms with Gasteiger partial charge >= 0.3 is 7.12 Å². The van der Waals surface area contributed by atoms with Gasteiger partial charge < -0.3 is 14.8 Å².